The summed E-state index contributed by atoms with van der Waals surface area (Å²) in [6, 6.07) is -0.735. The van der Waals surface area contributed by atoms with Gasteiger partial charge in [0.2, 0.25) is 5.91 Å². The third-order valence-corrected chi connectivity index (χ3v) is 3.15. The van der Waals surface area contributed by atoms with Crippen molar-refractivity contribution < 1.29 is 14.7 Å². The second kappa shape index (κ2) is 10.4. The highest BCUT2D eigenvalue weighted by molar-refractivity contribution is 7.98. The van der Waals surface area contributed by atoms with Crippen LogP contribution in [0.1, 0.15) is 45.4 Å². The van der Waals surface area contributed by atoms with E-state index in [0.29, 0.717) is 12.8 Å². The van der Waals surface area contributed by atoms with Crippen LogP contribution in [0.3, 0.4) is 0 Å². The molecule has 0 saturated carbocycles. The average molecular weight is 261 g/mol. The molecule has 0 aliphatic carbocycles. The summed E-state index contributed by atoms with van der Waals surface area (Å²) in [5, 5.41) is 11.5. The Hall–Kier alpha value is -0.710. The topological polar surface area (TPSA) is 66.4 Å². The van der Waals surface area contributed by atoms with E-state index < -0.39 is 12.0 Å². The number of rotatable bonds is 10. The quantitative estimate of drug-likeness (QED) is 0.592. The van der Waals surface area contributed by atoms with Crippen LogP contribution in [0.25, 0.3) is 0 Å². The number of thioether (sulfide) groups is 1. The van der Waals surface area contributed by atoms with Gasteiger partial charge in [0.25, 0.3) is 0 Å². The Morgan fingerprint density at radius 3 is 2.53 bits per heavy atom. The Morgan fingerprint density at radius 1 is 1.29 bits per heavy atom. The minimum atomic E-state index is -0.944. The predicted octanol–water partition coefficient (Wildman–Crippen LogP) is 2.28. The molecule has 4 nitrogen and oxygen atoms in total. The maximum absolute atomic E-state index is 11.5. The van der Waals surface area contributed by atoms with Crippen LogP contribution in [-0.2, 0) is 9.59 Å². The van der Waals surface area contributed by atoms with E-state index in [1.54, 1.807) is 11.8 Å². The molecule has 0 aliphatic heterocycles. The van der Waals surface area contributed by atoms with E-state index in [0.717, 1.165) is 31.4 Å². The summed E-state index contributed by atoms with van der Waals surface area (Å²) in [6.45, 7) is 2.11. The van der Waals surface area contributed by atoms with Gasteiger partial charge >= 0.3 is 5.97 Å². The fraction of sp³-hybridized carbons (Fsp3) is 0.833. The maximum atomic E-state index is 11.5. The van der Waals surface area contributed by atoms with Crippen molar-refractivity contribution in [3.63, 3.8) is 0 Å². The van der Waals surface area contributed by atoms with E-state index in [4.69, 9.17) is 5.11 Å². The van der Waals surface area contributed by atoms with Crippen LogP contribution < -0.4 is 5.32 Å². The van der Waals surface area contributed by atoms with Gasteiger partial charge in [-0.1, -0.05) is 26.2 Å². The van der Waals surface area contributed by atoms with E-state index in [1.165, 1.54) is 0 Å². The van der Waals surface area contributed by atoms with Gasteiger partial charge in [-0.2, -0.15) is 11.8 Å². The lowest BCUT2D eigenvalue weighted by Crippen LogP contribution is -2.41. The summed E-state index contributed by atoms with van der Waals surface area (Å²) < 4.78 is 0. The number of carbonyl (C=O) groups excluding carboxylic acids is 1. The van der Waals surface area contributed by atoms with Crippen molar-refractivity contribution in [3.8, 4) is 0 Å². The van der Waals surface area contributed by atoms with Gasteiger partial charge in [-0.15, -0.1) is 0 Å². The number of aliphatic carboxylic acids is 1. The first-order chi connectivity index (χ1) is 8.11. The molecule has 0 aromatic rings. The first-order valence-electron chi connectivity index (χ1n) is 6.13. The Balaban J connectivity index is 3.83. The molecule has 0 aromatic heterocycles. The standard InChI is InChI=1S/C12H23NO3S/c1-3-4-5-6-7-11(14)13-10(12(15)16)8-9-17-2/h10H,3-9H2,1-2H3,(H,13,14)(H,15,16)/t10-/m0/s1. The molecule has 0 spiro atoms. The molecule has 5 heteroatoms. The van der Waals surface area contributed by atoms with Gasteiger partial charge in [-0.05, 0) is 24.9 Å². The summed E-state index contributed by atoms with van der Waals surface area (Å²) in [6.07, 6.45) is 6.97. The van der Waals surface area contributed by atoms with Crippen LogP contribution in [0.4, 0.5) is 0 Å². The van der Waals surface area contributed by atoms with Gasteiger partial charge in [0.15, 0.2) is 0 Å². The van der Waals surface area contributed by atoms with Crippen molar-refractivity contribution in [1.29, 1.82) is 0 Å². The molecule has 0 heterocycles. The van der Waals surface area contributed by atoms with Crippen molar-refractivity contribution in [2.24, 2.45) is 0 Å². The predicted molar refractivity (Wildman–Crippen MR) is 71.3 cm³/mol. The SMILES string of the molecule is CCCCCCC(=O)N[C@@H](CCSC)C(=O)O. The van der Waals surface area contributed by atoms with E-state index >= 15 is 0 Å². The second-order valence-corrected chi connectivity index (χ2v) is 5.04. The van der Waals surface area contributed by atoms with Gasteiger partial charge in [-0.3, -0.25) is 4.79 Å². The molecule has 0 fully saturated rings. The highest BCUT2D eigenvalue weighted by atomic mass is 32.2. The molecule has 0 aliphatic rings. The molecule has 1 amide bonds. The molecule has 17 heavy (non-hydrogen) atoms. The fourth-order valence-corrected chi connectivity index (χ4v) is 1.94. The Kier molecular flexibility index (Phi) is 10.0. The molecule has 0 saturated heterocycles. The Bertz CT molecular complexity index is 234. The van der Waals surface area contributed by atoms with Crippen LogP contribution in [0.5, 0.6) is 0 Å². The highest BCUT2D eigenvalue weighted by Crippen LogP contribution is 2.04. The maximum Gasteiger partial charge on any atom is 0.326 e. The number of hydrogen-bond acceptors (Lipinski definition) is 3. The van der Waals surface area contributed by atoms with Gasteiger partial charge in [0, 0.05) is 6.42 Å². The second-order valence-electron chi connectivity index (χ2n) is 4.05. The molecular formula is C12H23NO3S. The minimum Gasteiger partial charge on any atom is -0.480 e. The molecular weight excluding hydrogens is 238 g/mol. The number of unbranched alkanes of at least 4 members (excludes halogenated alkanes) is 3. The zero-order valence-electron chi connectivity index (χ0n) is 10.7. The molecule has 0 unspecified atom stereocenters. The van der Waals surface area contributed by atoms with Crippen molar-refractivity contribution >= 4 is 23.6 Å². The van der Waals surface area contributed by atoms with Crippen molar-refractivity contribution in [2.75, 3.05) is 12.0 Å². The average Bonchev–Trinajstić information content (AvgIpc) is 2.29. The monoisotopic (exact) mass is 261 g/mol. The molecule has 0 rings (SSSR count). The van der Waals surface area contributed by atoms with Crippen LogP contribution in [0.2, 0.25) is 0 Å². The van der Waals surface area contributed by atoms with E-state index in [-0.39, 0.29) is 5.91 Å². The number of carboxylic acid groups (broad SMARTS) is 1. The van der Waals surface area contributed by atoms with E-state index in [9.17, 15) is 9.59 Å². The molecule has 100 valence electrons. The summed E-state index contributed by atoms with van der Waals surface area (Å²) in [5.74, 6) is -0.344. The lowest BCUT2D eigenvalue weighted by Gasteiger charge is -2.13. The first kappa shape index (κ1) is 16.3. The van der Waals surface area contributed by atoms with Crippen LogP contribution in [-0.4, -0.2) is 35.0 Å². The number of carboxylic acids is 1. The van der Waals surface area contributed by atoms with E-state index in [2.05, 4.69) is 12.2 Å². The fourth-order valence-electron chi connectivity index (χ4n) is 1.47. The third-order valence-electron chi connectivity index (χ3n) is 2.50. The summed E-state index contributed by atoms with van der Waals surface area (Å²) in [4.78, 5) is 22.4. The molecule has 0 radical (unpaired) electrons. The normalized spacial score (nSPS) is 12.1. The first-order valence-corrected chi connectivity index (χ1v) is 7.52. The number of nitrogens with one attached hydrogen (secondary N) is 1. The smallest absolute Gasteiger partial charge is 0.326 e. The minimum absolute atomic E-state index is 0.144. The van der Waals surface area contributed by atoms with Gasteiger partial charge in [0.05, 0.1) is 0 Å². The van der Waals surface area contributed by atoms with E-state index in [1.807, 2.05) is 6.26 Å². The van der Waals surface area contributed by atoms with Gasteiger partial charge in [0.1, 0.15) is 6.04 Å². The Labute approximate surface area is 108 Å². The van der Waals surface area contributed by atoms with Crippen LogP contribution in [0, 0.1) is 0 Å². The van der Waals surface area contributed by atoms with Crippen LogP contribution >= 0.6 is 11.8 Å². The van der Waals surface area contributed by atoms with Crippen LogP contribution in [0.15, 0.2) is 0 Å². The third kappa shape index (κ3) is 9.03. The van der Waals surface area contributed by atoms with Crippen molar-refractivity contribution in [3.05, 3.63) is 0 Å². The molecule has 2 N–H and O–H groups in total. The lowest BCUT2D eigenvalue weighted by molar-refractivity contribution is -0.141. The van der Waals surface area contributed by atoms with Crippen molar-refractivity contribution in [1.82, 2.24) is 5.32 Å². The summed E-state index contributed by atoms with van der Waals surface area (Å²) in [5.41, 5.74) is 0. The lowest BCUT2D eigenvalue weighted by atomic mass is 10.1. The summed E-state index contributed by atoms with van der Waals surface area (Å²) >= 11 is 1.58. The van der Waals surface area contributed by atoms with Crippen molar-refractivity contribution in [2.45, 2.75) is 51.5 Å². The number of carbonyl (C=O) groups is 2. The van der Waals surface area contributed by atoms with Gasteiger partial charge in [-0.25, -0.2) is 4.79 Å². The molecule has 0 bridgehead atoms. The Morgan fingerprint density at radius 2 is 2.00 bits per heavy atom. The zero-order valence-corrected chi connectivity index (χ0v) is 11.5. The summed E-state index contributed by atoms with van der Waals surface area (Å²) in [7, 11) is 0. The van der Waals surface area contributed by atoms with Gasteiger partial charge < -0.3 is 10.4 Å². The number of amides is 1. The molecule has 1 atom stereocenters. The number of hydrogen-bond donors (Lipinski definition) is 2. The largest absolute Gasteiger partial charge is 0.480 e. The molecule has 0 aromatic carbocycles. The zero-order chi connectivity index (χ0) is 13.1. The highest BCUT2D eigenvalue weighted by Gasteiger charge is 2.18.